The highest BCUT2D eigenvalue weighted by atomic mass is 35.5. The lowest BCUT2D eigenvalue weighted by atomic mass is 10.1. The van der Waals surface area contributed by atoms with Crippen LogP contribution in [0.5, 0.6) is 0 Å². The molecule has 0 spiro atoms. The average Bonchev–Trinajstić information content (AvgIpc) is 2.53. The van der Waals surface area contributed by atoms with Crippen LogP contribution < -0.4 is 5.32 Å². The van der Waals surface area contributed by atoms with Crippen molar-refractivity contribution in [2.24, 2.45) is 0 Å². The molecule has 0 unspecified atom stereocenters. The number of aryl methyl sites for hydroxylation is 2. The first-order chi connectivity index (χ1) is 12.1. The monoisotopic (exact) mass is 399 g/mol. The van der Waals surface area contributed by atoms with Crippen LogP contribution in [0, 0.1) is 25.2 Å². The zero-order chi connectivity index (χ0) is 19.5. The van der Waals surface area contributed by atoms with Crippen molar-refractivity contribution < 1.29 is 18.0 Å². The second-order valence-corrected chi connectivity index (χ2v) is 6.77. The van der Waals surface area contributed by atoms with E-state index in [4.69, 9.17) is 11.6 Å². The van der Waals surface area contributed by atoms with Crippen LogP contribution in [-0.4, -0.2) is 16.6 Å². The Hall–Kier alpha value is -2.24. The smallest absolute Gasteiger partial charge is 0.324 e. The van der Waals surface area contributed by atoms with Crippen molar-refractivity contribution in [1.29, 1.82) is 5.26 Å². The maximum absolute atomic E-state index is 12.8. The molecule has 1 aromatic carbocycles. The van der Waals surface area contributed by atoms with Crippen molar-refractivity contribution in [3.8, 4) is 6.07 Å². The number of nitrogens with one attached hydrogen (secondary N) is 1. The van der Waals surface area contributed by atoms with Crippen molar-refractivity contribution in [1.82, 2.24) is 4.98 Å². The van der Waals surface area contributed by atoms with Crippen molar-refractivity contribution in [3.05, 3.63) is 51.7 Å². The Labute approximate surface area is 157 Å². The highest BCUT2D eigenvalue weighted by molar-refractivity contribution is 8.00. The first-order valence-corrected chi connectivity index (χ1v) is 8.66. The molecule has 1 heterocycles. The van der Waals surface area contributed by atoms with Crippen LogP contribution in [0.4, 0.5) is 18.9 Å². The number of amides is 1. The minimum absolute atomic E-state index is 0.00131. The number of nitriles is 1. The van der Waals surface area contributed by atoms with Crippen LogP contribution in [0.3, 0.4) is 0 Å². The van der Waals surface area contributed by atoms with E-state index in [0.29, 0.717) is 16.3 Å². The molecule has 0 bridgehead atoms. The van der Waals surface area contributed by atoms with Gasteiger partial charge in [0.05, 0.1) is 27.6 Å². The van der Waals surface area contributed by atoms with E-state index in [1.54, 1.807) is 19.9 Å². The number of alkyl halides is 3. The Balaban J connectivity index is 2.13. The highest BCUT2D eigenvalue weighted by Crippen LogP contribution is 2.34. The lowest BCUT2D eigenvalue weighted by Crippen LogP contribution is -2.15. The summed E-state index contributed by atoms with van der Waals surface area (Å²) >= 11 is 6.88. The SMILES string of the molecule is Cc1cc(C)c(C#N)c(SCC(=O)Nc2cc(C(F)(F)F)ccc2Cl)n1. The molecule has 1 amide bonds. The molecule has 2 aromatic rings. The lowest BCUT2D eigenvalue weighted by molar-refractivity contribution is -0.137. The van der Waals surface area contributed by atoms with E-state index < -0.39 is 17.6 Å². The van der Waals surface area contributed by atoms with Gasteiger partial charge in [0, 0.05) is 5.69 Å². The normalized spacial score (nSPS) is 11.1. The van der Waals surface area contributed by atoms with Crippen LogP contribution in [-0.2, 0) is 11.0 Å². The second-order valence-electron chi connectivity index (χ2n) is 5.40. The quantitative estimate of drug-likeness (QED) is 0.737. The summed E-state index contributed by atoms with van der Waals surface area (Å²) in [5, 5.41) is 12.0. The Kier molecular flexibility index (Phi) is 6.16. The number of thioether (sulfide) groups is 1. The first kappa shape index (κ1) is 20.1. The fraction of sp³-hybridized carbons (Fsp3) is 0.235. The molecule has 0 radical (unpaired) electrons. The molecule has 0 atom stereocenters. The molecular weight excluding hydrogens is 387 g/mol. The molecule has 1 aromatic heterocycles. The van der Waals surface area contributed by atoms with Gasteiger partial charge >= 0.3 is 6.18 Å². The fourth-order valence-electron chi connectivity index (χ4n) is 2.16. The Bertz CT molecular complexity index is 894. The number of rotatable bonds is 4. The number of hydrogen-bond acceptors (Lipinski definition) is 4. The van der Waals surface area contributed by atoms with E-state index in [2.05, 4.69) is 10.3 Å². The zero-order valence-corrected chi connectivity index (χ0v) is 15.3. The number of hydrogen-bond donors (Lipinski definition) is 1. The summed E-state index contributed by atoms with van der Waals surface area (Å²) in [5.41, 5.74) is 0.772. The van der Waals surface area contributed by atoms with Gasteiger partial charge < -0.3 is 5.32 Å². The van der Waals surface area contributed by atoms with Crippen LogP contribution in [0.2, 0.25) is 5.02 Å². The average molecular weight is 400 g/mol. The summed E-state index contributed by atoms with van der Waals surface area (Å²) in [4.78, 5) is 16.3. The van der Waals surface area contributed by atoms with Crippen LogP contribution in [0.25, 0.3) is 0 Å². The van der Waals surface area contributed by atoms with E-state index in [1.807, 2.05) is 6.07 Å². The second kappa shape index (κ2) is 7.98. The van der Waals surface area contributed by atoms with E-state index in [9.17, 15) is 23.2 Å². The van der Waals surface area contributed by atoms with Gasteiger partial charge in [-0.25, -0.2) is 4.98 Å². The van der Waals surface area contributed by atoms with Crippen molar-refractivity contribution in [2.75, 3.05) is 11.1 Å². The molecule has 2 rings (SSSR count). The predicted molar refractivity (Wildman–Crippen MR) is 94.2 cm³/mol. The van der Waals surface area contributed by atoms with Gasteiger partial charge in [-0.05, 0) is 43.7 Å². The number of aromatic nitrogens is 1. The first-order valence-electron chi connectivity index (χ1n) is 7.29. The summed E-state index contributed by atoms with van der Waals surface area (Å²) in [6.07, 6.45) is -4.54. The molecule has 4 nitrogen and oxygen atoms in total. The van der Waals surface area contributed by atoms with Gasteiger partial charge in [-0.2, -0.15) is 18.4 Å². The summed E-state index contributed by atoms with van der Waals surface area (Å²) in [6, 6.07) is 6.48. The number of benzene rings is 1. The predicted octanol–water partition coefficient (Wildman–Crippen LogP) is 4.97. The largest absolute Gasteiger partial charge is 0.416 e. The standard InChI is InChI=1S/C17H13ClF3N3OS/c1-9-5-10(2)23-16(12(9)7-22)26-8-15(25)24-14-6-11(17(19,20)21)3-4-13(14)18/h3-6H,8H2,1-2H3,(H,24,25). The van der Waals surface area contributed by atoms with Gasteiger partial charge in [-0.3, -0.25) is 4.79 Å². The fourth-order valence-corrected chi connectivity index (χ4v) is 3.22. The minimum Gasteiger partial charge on any atom is -0.324 e. The molecule has 1 N–H and O–H groups in total. The number of carbonyl (C=O) groups excluding carboxylic acids is 1. The van der Waals surface area contributed by atoms with Gasteiger partial charge in [0.1, 0.15) is 11.1 Å². The third-order valence-electron chi connectivity index (χ3n) is 3.33. The van der Waals surface area contributed by atoms with E-state index in [0.717, 1.165) is 35.5 Å². The maximum atomic E-state index is 12.8. The molecule has 0 saturated heterocycles. The molecule has 26 heavy (non-hydrogen) atoms. The number of anilines is 1. The summed E-state index contributed by atoms with van der Waals surface area (Å²) in [7, 11) is 0. The van der Waals surface area contributed by atoms with Crippen molar-refractivity contribution in [3.63, 3.8) is 0 Å². The number of nitrogens with zero attached hydrogens (tertiary/aromatic N) is 2. The number of carbonyl (C=O) groups is 1. The number of pyridine rings is 1. The minimum atomic E-state index is -4.54. The van der Waals surface area contributed by atoms with Crippen molar-refractivity contribution in [2.45, 2.75) is 25.0 Å². The van der Waals surface area contributed by atoms with E-state index in [-0.39, 0.29) is 16.5 Å². The highest BCUT2D eigenvalue weighted by Gasteiger charge is 2.31. The molecule has 0 aliphatic rings. The summed E-state index contributed by atoms with van der Waals surface area (Å²) < 4.78 is 38.3. The van der Waals surface area contributed by atoms with Crippen molar-refractivity contribution >= 4 is 35.0 Å². The molecule has 0 aliphatic heterocycles. The molecule has 0 fully saturated rings. The van der Waals surface area contributed by atoms with E-state index in [1.165, 1.54) is 0 Å². The Morgan fingerprint density at radius 1 is 1.35 bits per heavy atom. The van der Waals surface area contributed by atoms with E-state index >= 15 is 0 Å². The molecule has 9 heteroatoms. The lowest BCUT2D eigenvalue weighted by Gasteiger charge is -2.12. The molecule has 136 valence electrons. The Morgan fingerprint density at radius 3 is 2.65 bits per heavy atom. The van der Waals surface area contributed by atoms with Gasteiger partial charge in [-0.15, -0.1) is 0 Å². The molecular formula is C17H13ClF3N3OS. The molecule has 0 saturated carbocycles. The molecule has 0 aliphatic carbocycles. The van der Waals surface area contributed by atoms with Crippen LogP contribution >= 0.6 is 23.4 Å². The van der Waals surface area contributed by atoms with Gasteiger partial charge in [-0.1, -0.05) is 23.4 Å². The number of halogens is 4. The topological polar surface area (TPSA) is 65.8 Å². The summed E-state index contributed by atoms with van der Waals surface area (Å²) in [5.74, 6) is -0.682. The van der Waals surface area contributed by atoms with Crippen LogP contribution in [0.15, 0.2) is 29.3 Å². The third kappa shape index (κ3) is 4.90. The van der Waals surface area contributed by atoms with Gasteiger partial charge in [0.25, 0.3) is 0 Å². The van der Waals surface area contributed by atoms with Gasteiger partial charge in [0.2, 0.25) is 5.91 Å². The zero-order valence-electron chi connectivity index (χ0n) is 13.7. The Morgan fingerprint density at radius 2 is 2.04 bits per heavy atom. The maximum Gasteiger partial charge on any atom is 0.416 e. The van der Waals surface area contributed by atoms with Gasteiger partial charge in [0.15, 0.2) is 0 Å². The third-order valence-corrected chi connectivity index (χ3v) is 4.64. The summed E-state index contributed by atoms with van der Waals surface area (Å²) in [6.45, 7) is 3.53. The van der Waals surface area contributed by atoms with Crippen LogP contribution in [0.1, 0.15) is 22.4 Å².